The van der Waals surface area contributed by atoms with Gasteiger partial charge in [0.15, 0.2) is 0 Å². The van der Waals surface area contributed by atoms with Gasteiger partial charge in [-0.3, -0.25) is 19.1 Å². The van der Waals surface area contributed by atoms with Gasteiger partial charge in [0.05, 0.1) is 6.61 Å². The summed E-state index contributed by atoms with van der Waals surface area (Å²) in [7, 11) is 0. The number of H-pyrrole nitrogens is 1. The van der Waals surface area contributed by atoms with Gasteiger partial charge >= 0.3 is 11.7 Å². The van der Waals surface area contributed by atoms with Crippen LogP contribution in [0.25, 0.3) is 0 Å². The maximum Gasteiger partial charge on any atom is 0.328 e. The SMILES string of the molecule is CCOC(=O)CSc1nnc(Cn2ccc(=O)[nH]c2=O)o1. The average molecular weight is 312 g/mol. The Hall–Kier alpha value is -2.36. The number of carbonyl (C=O) groups is 1. The maximum atomic E-state index is 11.5. The molecule has 0 fully saturated rings. The van der Waals surface area contributed by atoms with E-state index in [1.165, 1.54) is 16.8 Å². The third kappa shape index (κ3) is 4.31. The Balaban J connectivity index is 1.98. The van der Waals surface area contributed by atoms with E-state index < -0.39 is 11.2 Å². The van der Waals surface area contributed by atoms with E-state index in [4.69, 9.17) is 9.15 Å². The minimum atomic E-state index is -0.568. The van der Waals surface area contributed by atoms with Crippen LogP contribution in [0.3, 0.4) is 0 Å². The first kappa shape index (κ1) is 15.0. The molecular formula is C11H12N4O5S. The number of hydrogen-bond acceptors (Lipinski definition) is 8. The van der Waals surface area contributed by atoms with Crippen molar-refractivity contribution in [1.29, 1.82) is 0 Å². The van der Waals surface area contributed by atoms with Gasteiger partial charge in [-0.2, -0.15) is 0 Å². The van der Waals surface area contributed by atoms with Gasteiger partial charge < -0.3 is 9.15 Å². The molecule has 21 heavy (non-hydrogen) atoms. The van der Waals surface area contributed by atoms with Gasteiger partial charge in [0.2, 0.25) is 5.89 Å². The number of thioether (sulfide) groups is 1. The zero-order valence-electron chi connectivity index (χ0n) is 11.1. The Bertz CT molecular complexity index is 734. The Morgan fingerprint density at radius 1 is 1.48 bits per heavy atom. The van der Waals surface area contributed by atoms with Crippen molar-refractivity contribution in [2.45, 2.75) is 18.7 Å². The lowest BCUT2D eigenvalue weighted by atomic mass is 10.5. The number of nitrogens with one attached hydrogen (secondary N) is 1. The van der Waals surface area contributed by atoms with Crippen molar-refractivity contribution >= 4 is 17.7 Å². The van der Waals surface area contributed by atoms with Gasteiger partial charge in [0.25, 0.3) is 10.8 Å². The van der Waals surface area contributed by atoms with Gasteiger partial charge in [0, 0.05) is 12.3 Å². The molecule has 0 saturated heterocycles. The molecule has 0 amide bonds. The van der Waals surface area contributed by atoms with E-state index >= 15 is 0 Å². The summed E-state index contributed by atoms with van der Waals surface area (Å²) in [6.07, 6.45) is 1.33. The number of aromatic amines is 1. The first-order valence-electron chi connectivity index (χ1n) is 5.99. The molecule has 0 atom stereocenters. The van der Waals surface area contributed by atoms with Crippen LogP contribution in [-0.2, 0) is 16.1 Å². The molecule has 10 heteroatoms. The Morgan fingerprint density at radius 3 is 3.00 bits per heavy atom. The van der Waals surface area contributed by atoms with Crippen LogP contribution in [0.5, 0.6) is 0 Å². The summed E-state index contributed by atoms with van der Waals surface area (Å²) in [6, 6.07) is 1.22. The smallest absolute Gasteiger partial charge is 0.328 e. The normalized spacial score (nSPS) is 10.5. The summed E-state index contributed by atoms with van der Waals surface area (Å²) < 4.78 is 11.3. The van der Waals surface area contributed by atoms with Gasteiger partial charge in [-0.25, -0.2) is 4.79 Å². The quantitative estimate of drug-likeness (QED) is 0.566. The molecule has 0 unspecified atom stereocenters. The Morgan fingerprint density at radius 2 is 2.29 bits per heavy atom. The molecular weight excluding hydrogens is 300 g/mol. The van der Waals surface area contributed by atoms with Crippen molar-refractivity contribution in [3.8, 4) is 0 Å². The maximum absolute atomic E-state index is 11.5. The highest BCUT2D eigenvalue weighted by Crippen LogP contribution is 2.16. The predicted molar refractivity (Wildman–Crippen MR) is 72.1 cm³/mol. The fraction of sp³-hybridized carbons (Fsp3) is 0.364. The van der Waals surface area contributed by atoms with Crippen molar-refractivity contribution in [3.05, 3.63) is 39.0 Å². The Labute approximate surface area is 122 Å². The second kappa shape index (κ2) is 6.88. The van der Waals surface area contributed by atoms with Crippen LogP contribution in [0.4, 0.5) is 0 Å². The summed E-state index contributed by atoms with van der Waals surface area (Å²) in [6.45, 7) is 2.06. The summed E-state index contributed by atoms with van der Waals surface area (Å²) in [4.78, 5) is 35.7. The second-order valence-electron chi connectivity index (χ2n) is 3.79. The number of rotatable bonds is 6. The molecule has 0 saturated carbocycles. The molecule has 0 aromatic carbocycles. The molecule has 0 aliphatic carbocycles. The van der Waals surface area contributed by atoms with Crippen molar-refractivity contribution in [3.63, 3.8) is 0 Å². The summed E-state index contributed by atoms with van der Waals surface area (Å²) in [5.74, 6) is -0.122. The number of carbonyl (C=O) groups excluding carboxylic acids is 1. The topological polar surface area (TPSA) is 120 Å². The zero-order chi connectivity index (χ0) is 15.2. The lowest BCUT2D eigenvalue weighted by Gasteiger charge is -1.99. The predicted octanol–water partition coefficient (Wildman–Crippen LogP) is -0.377. The first-order chi connectivity index (χ1) is 10.1. The van der Waals surface area contributed by atoms with E-state index in [1.807, 2.05) is 0 Å². The molecule has 0 aliphatic heterocycles. The standard InChI is InChI=1S/C11H12N4O5S/c1-2-19-9(17)6-21-11-14-13-8(20-11)5-15-4-3-7(16)12-10(15)18/h3-4H,2,5-6H2,1H3,(H,12,16,18). The van der Waals surface area contributed by atoms with Gasteiger partial charge in [-0.05, 0) is 6.92 Å². The van der Waals surface area contributed by atoms with Crippen LogP contribution >= 0.6 is 11.8 Å². The molecule has 2 aromatic heterocycles. The number of nitrogens with zero attached hydrogens (tertiary/aromatic N) is 3. The molecule has 0 spiro atoms. The lowest BCUT2D eigenvalue weighted by Crippen LogP contribution is -2.28. The summed E-state index contributed by atoms with van der Waals surface area (Å²) in [5.41, 5.74) is -1.05. The molecule has 1 N–H and O–H groups in total. The van der Waals surface area contributed by atoms with Crippen molar-refractivity contribution in [2.24, 2.45) is 0 Å². The monoisotopic (exact) mass is 312 g/mol. The minimum Gasteiger partial charge on any atom is -0.465 e. The first-order valence-corrected chi connectivity index (χ1v) is 6.97. The van der Waals surface area contributed by atoms with E-state index in [-0.39, 0.29) is 29.4 Å². The second-order valence-corrected chi connectivity index (χ2v) is 4.72. The Kier molecular flexibility index (Phi) is 4.93. The molecule has 2 aromatic rings. The number of esters is 1. The van der Waals surface area contributed by atoms with E-state index in [9.17, 15) is 14.4 Å². The third-order valence-corrected chi connectivity index (χ3v) is 3.06. The molecule has 0 radical (unpaired) electrons. The molecule has 112 valence electrons. The highest BCUT2D eigenvalue weighted by molar-refractivity contribution is 7.99. The van der Waals surface area contributed by atoms with Crippen molar-refractivity contribution in [2.75, 3.05) is 12.4 Å². The van der Waals surface area contributed by atoms with Crippen LogP contribution in [0.2, 0.25) is 0 Å². The summed E-state index contributed by atoms with van der Waals surface area (Å²) >= 11 is 1.05. The van der Waals surface area contributed by atoms with E-state index in [0.717, 1.165) is 11.8 Å². The van der Waals surface area contributed by atoms with Crippen LogP contribution in [0.1, 0.15) is 12.8 Å². The highest BCUT2D eigenvalue weighted by Gasteiger charge is 2.11. The fourth-order valence-corrected chi connectivity index (χ4v) is 1.98. The molecule has 0 aliphatic rings. The zero-order valence-corrected chi connectivity index (χ0v) is 11.9. The van der Waals surface area contributed by atoms with Crippen LogP contribution < -0.4 is 11.2 Å². The lowest BCUT2D eigenvalue weighted by molar-refractivity contribution is -0.139. The van der Waals surface area contributed by atoms with Gasteiger partial charge in [0.1, 0.15) is 12.3 Å². The van der Waals surface area contributed by atoms with E-state index in [0.29, 0.717) is 6.61 Å². The van der Waals surface area contributed by atoms with Crippen LogP contribution in [0, 0.1) is 0 Å². The number of aromatic nitrogens is 4. The van der Waals surface area contributed by atoms with Crippen LogP contribution in [-0.4, -0.2) is 38.1 Å². The molecule has 9 nitrogen and oxygen atoms in total. The third-order valence-electron chi connectivity index (χ3n) is 2.27. The molecule has 2 rings (SSSR count). The van der Waals surface area contributed by atoms with Crippen molar-refractivity contribution in [1.82, 2.24) is 19.7 Å². The van der Waals surface area contributed by atoms with Gasteiger partial charge in [-0.1, -0.05) is 11.8 Å². The fourth-order valence-electron chi connectivity index (χ4n) is 1.40. The van der Waals surface area contributed by atoms with E-state index in [2.05, 4.69) is 15.2 Å². The summed E-state index contributed by atoms with van der Waals surface area (Å²) in [5, 5.41) is 7.70. The van der Waals surface area contributed by atoms with Crippen molar-refractivity contribution < 1.29 is 13.9 Å². The largest absolute Gasteiger partial charge is 0.465 e. The molecule has 2 heterocycles. The highest BCUT2D eigenvalue weighted by atomic mass is 32.2. The van der Waals surface area contributed by atoms with Crippen LogP contribution in [0.15, 0.2) is 31.5 Å². The number of hydrogen-bond donors (Lipinski definition) is 1. The van der Waals surface area contributed by atoms with Gasteiger partial charge in [-0.15, -0.1) is 10.2 Å². The average Bonchev–Trinajstić information content (AvgIpc) is 2.88. The number of ether oxygens (including phenoxy) is 1. The minimum absolute atomic E-state index is 0.0303. The van der Waals surface area contributed by atoms with E-state index in [1.54, 1.807) is 6.92 Å². The molecule has 0 bridgehead atoms.